The molecule has 0 aromatic heterocycles. The molecule has 0 unspecified atom stereocenters. The standard InChI is InChI=1S/C18H25N3O3/c1-20(2)15-7-3-5-13(9-15)10-19-17(24)21-11-14-6-4-8-18(14,12-21)16(22)23/h3,5,7,9,14H,4,6,8,10-12H2,1-2H3,(H,19,24)(H,22,23)/t14-,18+/m0/s1. The zero-order valence-corrected chi connectivity index (χ0v) is 14.3. The van der Waals surface area contributed by atoms with Crippen LogP contribution in [0.25, 0.3) is 0 Å². The van der Waals surface area contributed by atoms with Crippen LogP contribution in [0.2, 0.25) is 0 Å². The average Bonchev–Trinajstić information content (AvgIpc) is 3.11. The van der Waals surface area contributed by atoms with E-state index in [1.165, 1.54) is 0 Å². The smallest absolute Gasteiger partial charge is 0.317 e. The Morgan fingerprint density at radius 3 is 2.88 bits per heavy atom. The Morgan fingerprint density at radius 2 is 2.21 bits per heavy atom. The fourth-order valence-electron chi connectivity index (χ4n) is 4.03. The second-order valence-electron chi connectivity index (χ2n) is 7.15. The molecule has 0 radical (unpaired) electrons. The third kappa shape index (κ3) is 2.92. The molecule has 6 heteroatoms. The van der Waals surface area contributed by atoms with Crippen molar-refractivity contribution in [1.82, 2.24) is 10.2 Å². The lowest BCUT2D eigenvalue weighted by Gasteiger charge is -2.23. The molecule has 1 aromatic carbocycles. The van der Waals surface area contributed by atoms with Gasteiger partial charge in [0.15, 0.2) is 0 Å². The number of fused-ring (bicyclic) bond motifs is 1. The van der Waals surface area contributed by atoms with Gasteiger partial charge >= 0.3 is 12.0 Å². The topological polar surface area (TPSA) is 72.9 Å². The zero-order valence-electron chi connectivity index (χ0n) is 14.3. The summed E-state index contributed by atoms with van der Waals surface area (Å²) in [5.41, 5.74) is 1.39. The van der Waals surface area contributed by atoms with E-state index in [4.69, 9.17) is 0 Å². The molecule has 2 aliphatic rings. The summed E-state index contributed by atoms with van der Waals surface area (Å²) in [6, 6.07) is 7.84. The maximum atomic E-state index is 12.4. The van der Waals surface area contributed by atoms with Gasteiger partial charge in [0.05, 0.1) is 5.41 Å². The monoisotopic (exact) mass is 331 g/mol. The molecule has 1 heterocycles. The molecule has 0 spiro atoms. The first kappa shape index (κ1) is 16.6. The second kappa shape index (κ2) is 6.34. The first-order chi connectivity index (χ1) is 11.4. The van der Waals surface area contributed by atoms with Crippen molar-refractivity contribution in [3.8, 4) is 0 Å². The van der Waals surface area contributed by atoms with Gasteiger partial charge in [-0.1, -0.05) is 18.6 Å². The predicted molar refractivity (Wildman–Crippen MR) is 92.0 cm³/mol. The van der Waals surface area contributed by atoms with E-state index in [-0.39, 0.29) is 11.9 Å². The Bertz CT molecular complexity index is 646. The molecule has 1 saturated carbocycles. The number of hydrogen-bond acceptors (Lipinski definition) is 3. The molecule has 1 saturated heterocycles. The highest BCUT2D eigenvalue weighted by molar-refractivity contribution is 5.80. The summed E-state index contributed by atoms with van der Waals surface area (Å²) in [6.07, 6.45) is 2.53. The third-order valence-electron chi connectivity index (χ3n) is 5.45. The quantitative estimate of drug-likeness (QED) is 0.887. The molecule has 2 atom stereocenters. The van der Waals surface area contributed by atoms with E-state index in [1.807, 2.05) is 43.3 Å². The number of carboxylic acid groups (broad SMARTS) is 1. The van der Waals surface area contributed by atoms with Gasteiger partial charge in [-0.3, -0.25) is 4.79 Å². The van der Waals surface area contributed by atoms with Crippen LogP contribution in [-0.2, 0) is 11.3 Å². The number of hydrogen-bond donors (Lipinski definition) is 2. The predicted octanol–water partition coefficient (Wildman–Crippen LogP) is 2.15. The van der Waals surface area contributed by atoms with Gasteiger partial charge in [-0.15, -0.1) is 0 Å². The summed E-state index contributed by atoms with van der Waals surface area (Å²) in [5.74, 6) is -0.656. The maximum Gasteiger partial charge on any atom is 0.317 e. The van der Waals surface area contributed by atoms with Crippen LogP contribution in [0.4, 0.5) is 10.5 Å². The number of carbonyl (C=O) groups excluding carboxylic acids is 1. The highest BCUT2D eigenvalue weighted by Gasteiger charge is 2.55. The van der Waals surface area contributed by atoms with E-state index in [0.29, 0.717) is 26.1 Å². The van der Waals surface area contributed by atoms with Gasteiger partial charge in [-0.25, -0.2) is 4.79 Å². The molecular formula is C18H25N3O3. The van der Waals surface area contributed by atoms with Gasteiger partial charge in [0.25, 0.3) is 0 Å². The first-order valence-corrected chi connectivity index (χ1v) is 8.45. The SMILES string of the molecule is CN(C)c1cccc(CNC(=O)N2C[C@@H]3CCC[C@@]3(C(=O)O)C2)c1. The summed E-state index contributed by atoms with van der Waals surface area (Å²) in [5, 5.41) is 12.5. The lowest BCUT2D eigenvalue weighted by Crippen LogP contribution is -2.41. The Kier molecular flexibility index (Phi) is 4.39. The fraction of sp³-hybridized carbons (Fsp3) is 0.556. The van der Waals surface area contributed by atoms with Crippen LogP contribution >= 0.6 is 0 Å². The normalized spacial score (nSPS) is 25.4. The second-order valence-corrected chi connectivity index (χ2v) is 7.15. The van der Waals surface area contributed by atoms with Crippen LogP contribution in [0.15, 0.2) is 24.3 Å². The van der Waals surface area contributed by atoms with Gasteiger partial charge in [0.2, 0.25) is 0 Å². The number of nitrogens with zero attached hydrogens (tertiary/aromatic N) is 2. The van der Waals surface area contributed by atoms with E-state index < -0.39 is 11.4 Å². The average molecular weight is 331 g/mol. The summed E-state index contributed by atoms with van der Waals surface area (Å²) < 4.78 is 0. The first-order valence-electron chi connectivity index (χ1n) is 8.45. The summed E-state index contributed by atoms with van der Waals surface area (Å²) >= 11 is 0. The molecule has 2 amide bonds. The van der Waals surface area contributed by atoms with Crippen molar-refractivity contribution in [2.75, 3.05) is 32.1 Å². The van der Waals surface area contributed by atoms with Crippen molar-refractivity contribution >= 4 is 17.7 Å². The van der Waals surface area contributed by atoms with Gasteiger partial charge in [0.1, 0.15) is 0 Å². The van der Waals surface area contributed by atoms with Crippen molar-refractivity contribution in [3.05, 3.63) is 29.8 Å². The number of urea groups is 1. The molecular weight excluding hydrogens is 306 g/mol. The Morgan fingerprint density at radius 1 is 1.42 bits per heavy atom. The molecule has 0 bridgehead atoms. The highest BCUT2D eigenvalue weighted by Crippen LogP contribution is 2.48. The van der Waals surface area contributed by atoms with Crippen LogP contribution in [0.5, 0.6) is 0 Å². The lowest BCUT2D eigenvalue weighted by molar-refractivity contribution is -0.149. The number of aliphatic carboxylic acids is 1. The number of rotatable bonds is 4. The van der Waals surface area contributed by atoms with E-state index in [0.717, 1.165) is 24.1 Å². The number of carboxylic acids is 1. The van der Waals surface area contributed by atoms with Crippen LogP contribution in [0, 0.1) is 11.3 Å². The van der Waals surface area contributed by atoms with Crippen molar-refractivity contribution in [1.29, 1.82) is 0 Å². The van der Waals surface area contributed by atoms with Crippen molar-refractivity contribution in [2.45, 2.75) is 25.8 Å². The van der Waals surface area contributed by atoms with Crippen LogP contribution in [0.3, 0.4) is 0 Å². The minimum Gasteiger partial charge on any atom is -0.481 e. The van der Waals surface area contributed by atoms with Crippen LogP contribution in [0.1, 0.15) is 24.8 Å². The van der Waals surface area contributed by atoms with E-state index in [1.54, 1.807) is 4.90 Å². The molecule has 2 N–H and O–H groups in total. The number of amides is 2. The minimum atomic E-state index is -0.751. The lowest BCUT2D eigenvalue weighted by atomic mass is 9.81. The zero-order chi connectivity index (χ0) is 17.3. The largest absolute Gasteiger partial charge is 0.481 e. The van der Waals surface area contributed by atoms with Crippen LogP contribution in [-0.4, -0.2) is 49.2 Å². The minimum absolute atomic E-state index is 0.0952. The Hall–Kier alpha value is -2.24. The summed E-state index contributed by atoms with van der Waals surface area (Å²) in [4.78, 5) is 27.8. The fourth-order valence-corrected chi connectivity index (χ4v) is 4.03. The molecule has 130 valence electrons. The molecule has 3 rings (SSSR count). The van der Waals surface area contributed by atoms with Gasteiger partial charge in [-0.05, 0) is 36.5 Å². The maximum absolute atomic E-state index is 12.4. The van der Waals surface area contributed by atoms with Crippen molar-refractivity contribution < 1.29 is 14.7 Å². The highest BCUT2D eigenvalue weighted by atomic mass is 16.4. The van der Waals surface area contributed by atoms with E-state index in [2.05, 4.69) is 5.32 Å². The number of carbonyl (C=O) groups is 2. The van der Waals surface area contributed by atoms with Gasteiger partial charge < -0.3 is 20.2 Å². The molecule has 24 heavy (non-hydrogen) atoms. The van der Waals surface area contributed by atoms with Gasteiger partial charge in [-0.2, -0.15) is 0 Å². The molecule has 1 aromatic rings. The molecule has 1 aliphatic heterocycles. The van der Waals surface area contributed by atoms with Gasteiger partial charge in [0, 0.05) is 39.4 Å². The van der Waals surface area contributed by atoms with Crippen LogP contribution < -0.4 is 10.2 Å². The molecule has 1 aliphatic carbocycles. The van der Waals surface area contributed by atoms with Crippen molar-refractivity contribution in [2.24, 2.45) is 11.3 Å². The summed E-state index contributed by atoms with van der Waals surface area (Å²) in [7, 11) is 3.96. The van der Waals surface area contributed by atoms with E-state index >= 15 is 0 Å². The Balaban J connectivity index is 1.60. The molecule has 6 nitrogen and oxygen atoms in total. The van der Waals surface area contributed by atoms with E-state index in [9.17, 15) is 14.7 Å². The third-order valence-corrected chi connectivity index (χ3v) is 5.45. The summed E-state index contributed by atoms with van der Waals surface area (Å²) in [6.45, 7) is 1.33. The van der Waals surface area contributed by atoms with Crippen molar-refractivity contribution in [3.63, 3.8) is 0 Å². The number of nitrogens with one attached hydrogen (secondary N) is 1. The molecule has 2 fully saturated rings. The number of benzene rings is 1. The number of likely N-dealkylation sites (tertiary alicyclic amines) is 1. The Labute approximate surface area is 142 Å². The number of anilines is 1.